The highest BCUT2D eigenvalue weighted by Gasteiger charge is 2.43. The van der Waals surface area contributed by atoms with Crippen LogP contribution in [0.4, 0.5) is 5.69 Å². The summed E-state index contributed by atoms with van der Waals surface area (Å²) in [6.07, 6.45) is 5.91. The number of rotatable bonds is 10. The van der Waals surface area contributed by atoms with Crippen molar-refractivity contribution in [3.8, 4) is 0 Å². The first kappa shape index (κ1) is 20.5. The Labute approximate surface area is 157 Å². The topological polar surface area (TPSA) is 33.7 Å². The van der Waals surface area contributed by atoms with Gasteiger partial charge in [0, 0.05) is 37.4 Å². The number of likely N-dealkylation sites (tertiary alicyclic amines) is 1. The van der Waals surface area contributed by atoms with E-state index >= 15 is 0 Å². The molecular weight excluding hydrogens is 336 g/mol. The van der Waals surface area contributed by atoms with Crippen molar-refractivity contribution in [3.05, 3.63) is 29.3 Å². The predicted molar refractivity (Wildman–Crippen MR) is 105 cm³/mol. The van der Waals surface area contributed by atoms with Gasteiger partial charge in [0.25, 0.3) is 0 Å². The molecule has 5 heteroatoms. The van der Waals surface area contributed by atoms with E-state index in [9.17, 15) is 0 Å². The highest BCUT2D eigenvalue weighted by Crippen LogP contribution is 2.34. The van der Waals surface area contributed by atoms with Crippen molar-refractivity contribution in [1.82, 2.24) is 4.90 Å². The molecule has 1 aromatic rings. The molecule has 1 unspecified atom stereocenters. The number of halogens is 1. The molecule has 1 saturated heterocycles. The molecule has 1 aromatic carbocycles. The lowest BCUT2D eigenvalue weighted by molar-refractivity contribution is -0.263. The number of ether oxygens (including phenoxy) is 2. The maximum Gasteiger partial charge on any atom is 0.183 e. The van der Waals surface area contributed by atoms with Crippen molar-refractivity contribution in [1.29, 1.82) is 0 Å². The Morgan fingerprint density at radius 2 is 2.08 bits per heavy atom. The normalized spacial score (nSPS) is 20.6. The molecule has 0 saturated carbocycles. The third-order valence-electron chi connectivity index (χ3n) is 5.28. The van der Waals surface area contributed by atoms with Crippen LogP contribution in [0.25, 0.3) is 0 Å². The fourth-order valence-corrected chi connectivity index (χ4v) is 3.94. The van der Waals surface area contributed by atoms with E-state index in [1.165, 1.54) is 19.3 Å². The Kier molecular flexibility index (Phi) is 8.50. The summed E-state index contributed by atoms with van der Waals surface area (Å²) in [4.78, 5) is 2.49. The number of anilines is 1. The molecule has 2 rings (SSSR count). The highest BCUT2D eigenvalue weighted by atomic mass is 35.5. The zero-order chi connectivity index (χ0) is 18.1. The first-order chi connectivity index (χ1) is 12.1. The van der Waals surface area contributed by atoms with Crippen molar-refractivity contribution in [2.75, 3.05) is 45.7 Å². The van der Waals surface area contributed by atoms with Gasteiger partial charge in [-0.25, -0.2) is 0 Å². The van der Waals surface area contributed by atoms with Crippen LogP contribution < -0.4 is 5.32 Å². The van der Waals surface area contributed by atoms with Crippen molar-refractivity contribution < 1.29 is 9.47 Å². The van der Waals surface area contributed by atoms with Gasteiger partial charge in [-0.2, -0.15) is 0 Å². The van der Waals surface area contributed by atoms with Crippen LogP contribution in [0.5, 0.6) is 0 Å². The number of hydrogen-bond acceptors (Lipinski definition) is 4. The SMILES string of the molecule is CCCCCN1CCC(CCNc2cccc(Cl)c2)C(OC)(OC)C1. The maximum atomic E-state index is 6.05. The van der Waals surface area contributed by atoms with Gasteiger partial charge < -0.3 is 14.8 Å². The minimum Gasteiger partial charge on any atom is -0.385 e. The largest absolute Gasteiger partial charge is 0.385 e. The first-order valence-corrected chi connectivity index (χ1v) is 9.83. The van der Waals surface area contributed by atoms with E-state index in [0.717, 1.165) is 49.7 Å². The number of benzene rings is 1. The molecule has 0 radical (unpaired) electrons. The predicted octanol–water partition coefficient (Wildman–Crippen LogP) is 4.64. The van der Waals surface area contributed by atoms with E-state index in [2.05, 4.69) is 17.1 Å². The molecule has 0 aliphatic carbocycles. The van der Waals surface area contributed by atoms with Crippen LogP contribution in [0.2, 0.25) is 5.02 Å². The van der Waals surface area contributed by atoms with E-state index in [0.29, 0.717) is 5.92 Å². The molecule has 142 valence electrons. The van der Waals surface area contributed by atoms with Gasteiger partial charge in [0.05, 0.1) is 6.54 Å². The molecule has 1 heterocycles. The number of unbranched alkanes of at least 4 members (excludes halogenated alkanes) is 2. The molecule has 25 heavy (non-hydrogen) atoms. The summed E-state index contributed by atoms with van der Waals surface area (Å²) in [6, 6.07) is 7.86. The molecule has 1 aliphatic rings. The van der Waals surface area contributed by atoms with Crippen LogP contribution in [0.1, 0.15) is 39.0 Å². The maximum absolute atomic E-state index is 6.05. The van der Waals surface area contributed by atoms with Gasteiger partial charge in [-0.1, -0.05) is 37.4 Å². The molecule has 4 nitrogen and oxygen atoms in total. The Balaban J connectivity index is 1.88. The number of methoxy groups -OCH3 is 2. The molecular formula is C20H33ClN2O2. The quantitative estimate of drug-likeness (QED) is 0.481. The van der Waals surface area contributed by atoms with Crippen LogP contribution >= 0.6 is 11.6 Å². The van der Waals surface area contributed by atoms with Crippen LogP contribution in [-0.2, 0) is 9.47 Å². The van der Waals surface area contributed by atoms with Crippen LogP contribution in [0, 0.1) is 5.92 Å². The molecule has 0 amide bonds. The zero-order valence-corrected chi connectivity index (χ0v) is 16.6. The van der Waals surface area contributed by atoms with E-state index in [1.54, 1.807) is 14.2 Å². The lowest BCUT2D eigenvalue weighted by atomic mass is 9.87. The van der Waals surface area contributed by atoms with Gasteiger partial charge in [0.1, 0.15) is 0 Å². The fourth-order valence-electron chi connectivity index (χ4n) is 3.75. The second-order valence-corrected chi connectivity index (χ2v) is 7.35. The molecule has 1 aliphatic heterocycles. The third kappa shape index (κ3) is 5.85. The minimum atomic E-state index is -0.500. The van der Waals surface area contributed by atoms with Crippen LogP contribution in [0.15, 0.2) is 24.3 Å². The van der Waals surface area contributed by atoms with E-state index in [4.69, 9.17) is 21.1 Å². The second-order valence-electron chi connectivity index (χ2n) is 6.91. The van der Waals surface area contributed by atoms with Gasteiger partial charge in [0.2, 0.25) is 0 Å². The van der Waals surface area contributed by atoms with Crippen molar-refractivity contribution in [3.63, 3.8) is 0 Å². The van der Waals surface area contributed by atoms with Crippen molar-refractivity contribution >= 4 is 17.3 Å². The van der Waals surface area contributed by atoms with Gasteiger partial charge in [-0.3, -0.25) is 4.90 Å². The monoisotopic (exact) mass is 368 g/mol. The molecule has 1 fully saturated rings. The zero-order valence-electron chi connectivity index (χ0n) is 15.9. The molecule has 0 aromatic heterocycles. The standard InChI is InChI=1S/C20H33ClN2O2/c1-4-5-6-13-23-14-11-17(20(16-23,24-2)25-3)10-12-22-19-9-7-8-18(21)15-19/h7-9,15,17,22H,4-6,10-14,16H2,1-3H3. The van der Waals surface area contributed by atoms with Gasteiger partial charge in [-0.05, 0) is 50.6 Å². The smallest absolute Gasteiger partial charge is 0.183 e. The minimum absolute atomic E-state index is 0.386. The Morgan fingerprint density at radius 3 is 2.76 bits per heavy atom. The average Bonchev–Trinajstić information content (AvgIpc) is 2.63. The lowest BCUT2D eigenvalue weighted by Crippen LogP contribution is -2.56. The number of nitrogens with one attached hydrogen (secondary N) is 1. The number of piperidine rings is 1. The van der Waals surface area contributed by atoms with E-state index in [1.807, 2.05) is 24.3 Å². The molecule has 0 spiro atoms. The Hall–Kier alpha value is -0.810. The molecule has 0 bridgehead atoms. The summed E-state index contributed by atoms with van der Waals surface area (Å²) < 4.78 is 11.8. The van der Waals surface area contributed by atoms with Crippen LogP contribution in [0.3, 0.4) is 0 Å². The summed E-state index contributed by atoms with van der Waals surface area (Å²) in [5.74, 6) is -0.114. The lowest BCUT2D eigenvalue weighted by Gasteiger charge is -2.46. The Morgan fingerprint density at radius 1 is 1.28 bits per heavy atom. The Bertz CT molecular complexity index is 508. The summed E-state index contributed by atoms with van der Waals surface area (Å²) in [6.45, 7) is 6.24. The number of hydrogen-bond donors (Lipinski definition) is 1. The summed E-state index contributed by atoms with van der Waals surface area (Å²) in [5.41, 5.74) is 1.06. The summed E-state index contributed by atoms with van der Waals surface area (Å²) in [7, 11) is 3.55. The average molecular weight is 369 g/mol. The molecule has 1 atom stereocenters. The van der Waals surface area contributed by atoms with Gasteiger partial charge >= 0.3 is 0 Å². The van der Waals surface area contributed by atoms with Crippen LogP contribution in [-0.4, -0.2) is 51.1 Å². The molecule has 1 N–H and O–H groups in total. The van der Waals surface area contributed by atoms with Gasteiger partial charge in [-0.15, -0.1) is 0 Å². The van der Waals surface area contributed by atoms with Crippen molar-refractivity contribution in [2.24, 2.45) is 5.92 Å². The van der Waals surface area contributed by atoms with E-state index in [-0.39, 0.29) is 0 Å². The third-order valence-corrected chi connectivity index (χ3v) is 5.51. The highest BCUT2D eigenvalue weighted by molar-refractivity contribution is 6.30. The fraction of sp³-hybridized carbons (Fsp3) is 0.700. The first-order valence-electron chi connectivity index (χ1n) is 9.45. The second kappa shape index (κ2) is 10.4. The van der Waals surface area contributed by atoms with Gasteiger partial charge in [0.15, 0.2) is 5.79 Å². The summed E-state index contributed by atoms with van der Waals surface area (Å²) in [5, 5.41) is 4.22. The number of nitrogens with zero attached hydrogens (tertiary/aromatic N) is 1. The van der Waals surface area contributed by atoms with Crippen molar-refractivity contribution in [2.45, 2.75) is 44.8 Å². The summed E-state index contributed by atoms with van der Waals surface area (Å²) >= 11 is 6.05. The van der Waals surface area contributed by atoms with E-state index < -0.39 is 5.79 Å².